The molecule has 2 heterocycles. The second kappa shape index (κ2) is 7.12. The van der Waals surface area contributed by atoms with Crippen molar-refractivity contribution in [1.29, 1.82) is 0 Å². The molecule has 1 spiro atoms. The van der Waals surface area contributed by atoms with Gasteiger partial charge < -0.3 is 10.6 Å². The molecular formula is C20H23N5O5. The van der Waals surface area contributed by atoms with Crippen LogP contribution in [0.3, 0.4) is 0 Å². The maximum absolute atomic E-state index is 13.0. The highest BCUT2D eigenvalue weighted by Crippen LogP contribution is 2.35. The number of carbonyl (C=O) groups excluding carboxylic acids is 5. The van der Waals surface area contributed by atoms with E-state index in [-0.39, 0.29) is 6.42 Å². The minimum Gasteiger partial charge on any atom is -0.323 e. The van der Waals surface area contributed by atoms with E-state index in [9.17, 15) is 24.0 Å². The van der Waals surface area contributed by atoms with Gasteiger partial charge in [-0.3, -0.25) is 24.7 Å². The summed E-state index contributed by atoms with van der Waals surface area (Å²) in [6, 6.07) is 7.34. The van der Waals surface area contributed by atoms with Gasteiger partial charge in [0.25, 0.3) is 17.7 Å². The number of hydrogen-bond acceptors (Lipinski definition) is 5. The van der Waals surface area contributed by atoms with Crippen LogP contribution in [-0.2, 0) is 19.9 Å². The van der Waals surface area contributed by atoms with Gasteiger partial charge in [-0.25, -0.2) is 9.59 Å². The largest absolute Gasteiger partial charge is 0.344 e. The van der Waals surface area contributed by atoms with E-state index in [0.29, 0.717) is 23.4 Å². The second-order valence-corrected chi connectivity index (χ2v) is 7.84. The first-order valence-electron chi connectivity index (χ1n) is 9.99. The highest BCUT2D eigenvalue weighted by molar-refractivity contribution is 6.11. The smallest absolute Gasteiger partial charge is 0.323 e. The number of hydrogen-bond donors (Lipinski definition) is 3. The van der Waals surface area contributed by atoms with E-state index in [4.69, 9.17) is 0 Å². The van der Waals surface area contributed by atoms with Crippen molar-refractivity contribution < 1.29 is 24.0 Å². The third-order valence-corrected chi connectivity index (χ3v) is 6.13. The van der Waals surface area contributed by atoms with Crippen molar-refractivity contribution in [3.05, 3.63) is 35.9 Å². The summed E-state index contributed by atoms with van der Waals surface area (Å²) in [5.74, 6) is -1.87. The van der Waals surface area contributed by atoms with Crippen molar-refractivity contribution in [3.63, 3.8) is 0 Å². The van der Waals surface area contributed by atoms with Crippen molar-refractivity contribution in [1.82, 2.24) is 26.0 Å². The third kappa shape index (κ3) is 2.90. The lowest BCUT2D eigenvalue weighted by molar-refractivity contribution is -0.141. The normalized spacial score (nSPS) is 25.1. The monoisotopic (exact) mass is 413 g/mol. The molecule has 7 amide bonds. The summed E-state index contributed by atoms with van der Waals surface area (Å²) in [6.07, 6.45) is 3.02. The van der Waals surface area contributed by atoms with Crippen LogP contribution < -0.4 is 16.1 Å². The highest BCUT2D eigenvalue weighted by atomic mass is 16.2. The number of hydrazine groups is 1. The Balaban J connectivity index is 1.47. The van der Waals surface area contributed by atoms with E-state index in [1.54, 1.807) is 37.3 Å². The number of amides is 7. The van der Waals surface area contributed by atoms with Gasteiger partial charge in [0.1, 0.15) is 17.6 Å². The van der Waals surface area contributed by atoms with E-state index in [2.05, 4.69) is 16.1 Å². The predicted octanol–water partition coefficient (Wildman–Crippen LogP) is 0.740. The van der Waals surface area contributed by atoms with E-state index in [1.165, 1.54) is 0 Å². The lowest BCUT2D eigenvalue weighted by Gasteiger charge is -2.25. The molecule has 1 saturated carbocycles. The third-order valence-electron chi connectivity index (χ3n) is 6.13. The maximum atomic E-state index is 13.0. The van der Waals surface area contributed by atoms with Crippen LogP contribution in [0, 0.1) is 0 Å². The molecule has 1 aliphatic carbocycles. The van der Waals surface area contributed by atoms with Crippen LogP contribution in [0.5, 0.6) is 0 Å². The Kier molecular flexibility index (Phi) is 4.71. The van der Waals surface area contributed by atoms with Crippen molar-refractivity contribution in [2.75, 3.05) is 6.54 Å². The lowest BCUT2D eigenvalue weighted by Crippen LogP contribution is -2.52. The van der Waals surface area contributed by atoms with Crippen LogP contribution in [0.15, 0.2) is 30.3 Å². The standard InChI is InChI=1S/C20H23N5O5/c1-2-20(13-8-4-3-5-9-13)16(28)25(18(30)22-20)23-14(26)12-24-15(27)19(21-17(24)29)10-6-7-11-19/h3-5,8-9H,2,6-7,10-12H2,1H3,(H,21,29)(H,22,30)(H,23,26)/t20-/m1/s1. The summed E-state index contributed by atoms with van der Waals surface area (Å²) in [4.78, 5) is 63.8. The number of nitrogens with zero attached hydrogens (tertiary/aromatic N) is 2. The molecule has 10 nitrogen and oxygen atoms in total. The Labute approximate surface area is 172 Å². The van der Waals surface area contributed by atoms with Crippen LogP contribution >= 0.6 is 0 Å². The fourth-order valence-electron chi connectivity index (χ4n) is 4.48. The van der Waals surface area contributed by atoms with Gasteiger partial charge in [0.15, 0.2) is 0 Å². The molecule has 4 rings (SSSR count). The topological polar surface area (TPSA) is 128 Å². The van der Waals surface area contributed by atoms with Crippen molar-refractivity contribution >= 4 is 29.8 Å². The predicted molar refractivity (Wildman–Crippen MR) is 103 cm³/mol. The number of urea groups is 2. The Morgan fingerprint density at radius 1 is 1.00 bits per heavy atom. The molecule has 3 N–H and O–H groups in total. The molecular weight excluding hydrogens is 390 g/mol. The SMILES string of the molecule is CC[C@]1(c2ccccc2)NC(=O)N(NC(=O)CN2C(=O)NC3(CCCC3)C2=O)C1=O. The first-order chi connectivity index (χ1) is 14.3. The van der Waals surface area contributed by atoms with Crippen LogP contribution in [-0.4, -0.2) is 51.8 Å². The zero-order valence-electron chi connectivity index (χ0n) is 16.6. The lowest BCUT2D eigenvalue weighted by atomic mass is 9.87. The van der Waals surface area contributed by atoms with Crippen molar-refractivity contribution in [3.8, 4) is 0 Å². The first kappa shape index (κ1) is 19.9. The Morgan fingerprint density at radius 2 is 1.67 bits per heavy atom. The maximum Gasteiger partial charge on any atom is 0.344 e. The van der Waals surface area contributed by atoms with Gasteiger partial charge in [0, 0.05) is 0 Å². The summed E-state index contributed by atoms with van der Waals surface area (Å²) < 4.78 is 0. The molecule has 2 saturated heterocycles. The fraction of sp³-hybridized carbons (Fsp3) is 0.450. The number of nitrogens with one attached hydrogen (secondary N) is 3. The minimum absolute atomic E-state index is 0.281. The molecule has 1 aromatic carbocycles. The van der Waals surface area contributed by atoms with Crippen LogP contribution in [0.25, 0.3) is 0 Å². The minimum atomic E-state index is -1.29. The zero-order valence-corrected chi connectivity index (χ0v) is 16.6. The molecule has 3 fully saturated rings. The number of rotatable bonds is 5. The highest BCUT2D eigenvalue weighted by Gasteiger charge is 2.54. The summed E-state index contributed by atoms with van der Waals surface area (Å²) in [6.45, 7) is 1.18. The van der Waals surface area contributed by atoms with Gasteiger partial charge in [0.2, 0.25) is 0 Å². The van der Waals surface area contributed by atoms with Crippen LogP contribution in [0.1, 0.15) is 44.6 Å². The van der Waals surface area contributed by atoms with Gasteiger partial charge >= 0.3 is 12.1 Å². The fourth-order valence-corrected chi connectivity index (χ4v) is 4.48. The van der Waals surface area contributed by atoms with Gasteiger partial charge in [-0.15, -0.1) is 0 Å². The first-order valence-corrected chi connectivity index (χ1v) is 9.99. The van der Waals surface area contributed by atoms with E-state index < -0.39 is 47.4 Å². The summed E-state index contributed by atoms with van der Waals surface area (Å²) >= 11 is 0. The molecule has 1 aromatic rings. The van der Waals surface area contributed by atoms with Gasteiger partial charge in [-0.2, -0.15) is 5.01 Å². The van der Waals surface area contributed by atoms with Crippen LogP contribution in [0.2, 0.25) is 0 Å². The van der Waals surface area contributed by atoms with Gasteiger partial charge in [-0.05, 0) is 24.8 Å². The molecule has 3 aliphatic rings. The molecule has 10 heteroatoms. The Bertz CT molecular complexity index is 927. The number of benzene rings is 1. The zero-order chi connectivity index (χ0) is 21.5. The average molecular weight is 413 g/mol. The molecule has 1 atom stereocenters. The summed E-state index contributed by atoms with van der Waals surface area (Å²) in [5.41, 5.74) is 0.621. The number of carbonyl (C=O) groups is 5. The van der Waals surface area contributed by atoms with Gasteiger partial charge in [0.05, 0.1) is 0 Å². The van der Waals surface area contributed by atoms with E-state index in [0.717, 1.165) is 17.7 Å². The quantitative estimate of drug-likeness (QED) is 0.614. The van der Waals surface area contributed by atoms with Crippen molar-refractivity contribution in [2.45, 2.75) is 50.1 Å². The molecule has 0 unspecified atom stereocenters. The molecule has 30 heavy (non-hydrogen) atoms. The van der Waals surface area contributed by atoms with Gasteiger partial charge in [-0.1, -0.05) is 50.1 Å². The Morgan fingerprint density at radius 3 is 2.30 bits per heavy atom. The summed E-state index contributed by atoms with van der Waals surface area (Å²) in [5, 5.41) is 5.95. The van der Waals surface area contributed by atoms with Crippen LogP contribution in [0.4, 0.5) is 9.59 Å². The molecule has 0 aromatic heterocycles. The molecule has 0 bridgehead atoms. The summed E-state index contributed by atoms with van der Waals surface area (Å²) in [7, 11) is 0. The molecule has 0 radical (unpaired) electrons. The van der Waals surface area contributed by atoms with Crippen molar-refractivity contribution in [2.24, 2.45) is 0 Å². The molecule has 158 valence electrons. The second-order valence-electron chi connectivity index (χ2n) is 7.84. The average Bonchev–Trinajstić information content (AvgIpc) is 3.37. The van der Waals surface area contributed by atoms with E-state index in [1.807, 2.05) is 0 Å². The molecule has 2 aliphatic heterocycles. The Hall–Kier alpha value is -3.43. The number of imide groups is 2. The van der Waals surface area contributed by atoms with E-state index >= 15 is 0 Å².